The maximum atomic E-state index is 10.8. The molecule has 0 fully saturated rings. The predicted octanol–water partition coefficient (Wildman–Crippen LogP) is -0.0265. The molecule has 1 aromatic rings. The molecule has 4 heteroatoms. The minimum absolute atomic E-state index is 0.452. The SMILES string of the molecule is CN(CCc1ccccc1)CC(N)C(N)=O. The Morgan fingerprint density at radius 3 is 2.56 bits per heavy atom. The van der Waals surface area contributed by atoms with Gasteiger partial charge in [0.15, 0.2) is 0 Å². The minimum Gasteiger partial charge on any atom is -0.368 e. The quantitative estimate of drug-likeness (QED) is 0.708. The highest BCUT2D eigenvalue weighted by Crippen LogP contribution is 2.00. The second kappa shape index (κ2) is 6.25. The molecule has 1 aromatic carbocycles. The summed E-state index contributed by atoms with van der Waals surface area (Å²) in [5.74, 6) is -0.452. The van der Waals surface area contributed by atoms with E-state index in [2.05, 4.69) is 12.1 Å². The summed E-state index contributed by atoms with van der Waals surface area (Å²) in [4.78, 5) is 12.8. The molecule has 0 aliphatic heterocycles. The van der Waals surface area contributed by atoms with Gasteiger partial charge in [-0.25, -0.2) is 0 Å². The largest absolute Gasteiger partial charge is 0.368 e. The van der Waals surface area contributed by atoms with Crippen LogP contribution in [0, 0.1) is 0 Å². The highest BCUT2D eigenvalue weighted by molar-refractivity contribution is 5.79. The van der Waals surface area contributed by atoms with E-state index in [1.165, 1.54) is 5.56 Å². The molecule has 0 saturated carbocycles. The first-order valence-corrected chi connectivity index (χ1v) is 5.37. The Balaban J connectivity index is 2.30. The van der Waals surface area contributed by atoms with Gasteiger partial charge in [0.25, 0.3) is 0 Å². The molecule has 1 rings (SSSR count). The smallest absolute Gasteiger partial charge is 0.235 e. The number of likely N-dealkylation sites (N-methyl/N-ethyl adjacent to an activating group) is 1. The molecule has 1 unspecified atom stereocenters. The highest BCUT2D eigenvalue weighted by Gasteiger charge is 2.11. The predicted molar refractivity (Wildman–Crippen MR) is 64.8 cm³/mol. The molecule has 88 valence electrons. The normalized spacial score (nSPS) is 12.7. The van der Waals surface area contributed by atoms with Gasteiger partial charge in [-0.3, -0.25) is 4.79 Å². The van der Waals surface area contributed by atoms with Gasteiger partial charge in [-0.2, -0.15) is 0 Å². The van der Waals surface area contributed by atoms with Crippen LogP contribution in [0.2, 0.25) is 0 Å². The van der Waals surface area contributed by atoms with Crippen molar-refractivity contribution in [2.45, 2.75) is 12.5 Å². The Bertz CT molecular complexity index is 326. The van der Waals surface area contributed by atoms with Crippen molar-refractivity contribution >= 4 is 5.91 Å². The van der Waals surface area contributed by atoms with E-state index < -0.39 is 11.9 Å². The zero-order chi connectivity index (χ0) is 12.0. The van der Waals surface area contributed by atoms with Crippen LogP contribution < -0.4 is 11.5 Å². The van der Waals surface area contributed by atoms with Crippen LogP contribution in [0.1, 0.15) is 5.56 Å². The van der Waals surface area contributed by atoms with E-state index in [0.717, 1.165) is 13.0 Å². The van der Waals surface area contributed by atoms with E-state index in [1.54, 1.807) is 0 Å². The van der Waals surface area contributed by atoms with Gasteiger partial charge < -0.3 is 16.4 Å². The zero-order valence-electron chi connectivity index (χ0n) is 9.60. The van der Waals surface area contributed by atoms with E-state index in [0.29, 0.717) is 6.54 Å². The number of amides is 1. The standard InChI is InChI=1S/C12H19N3O/c1-15(9-11(13)12(14)16)8-7-10-5-3-2-4-6-10/h2-6,11H,7-9,13H2,1H3,(H2,14,16). The Labute approximate surface area is 96.2 Å². The fourth-order valence-electron chi connectivity index (χ4n) is 1.48. The number of benzene rings is 1. The van der Waals surface area contributed by atoms with Crippen molar-refractivity contribution in [1.82, 2.24) is 4.90 Å². The van der Waals surface area contributed by atoms with Gasteiger partial charge in [0, 0.05) is 13.1 Å². The third kappa shape index (κ3) is 4.42. The first-order chi connectivity index (χ1) is 7.59. The minimum atomic E-state index is -0.583. The van der Waals surface area contributed by atoms with Crippen molar-refractivity contribution in [1.29, 1.82) is 0 Å². The summed E-state index contributed by atoms with van der Waals surface area (Å²) in [7, 11) is 1.94. The molecule has 4 N–H and O–H groups in total. The molecule has 0 aliphatic carbocycles. The number of nitrogens with two attached hydrogens (primary N) is 2. The average Bonchev–Trinajstić information content (AvgIpc) is 2.27. The number of hydrogen-bond acceptors (Lipinski definition) is 3. The molecule has 0 aromatic heterocycles. The molecular formula is C12H19N3O. The van der Waals surface area contributed by atoms with Gasteiger partial charge in [-0.15, -0.1) is 0 Å². The number of carbonyl (C=O) groups is 1. The van der Waals surface area contributed by atoms with Crippen LogP contribution in [-0.4, -0.2) is 37.0 Å². The maximum absolute atomic E-state index is 10.8. The summed E-state index contributed by atoms with van der Waals surface area (Å²) >= 11 is 0. The maximum Gasteiger partial charge on any atom is 0.235 e. The van der Waals surface area contributed by atoms with Gasteiger partial charge in [-0.05, 0) is 19.0 Å². The van der Waals surface area contributed by atoms with Crippen LogP contribution in [0.5, 0.6) is 0 Å². The number of rotatable bonds is 6. The van der Waals surface area contributed by atoms with Crippen molar-refractivity contribution < 1.29 is 4.79 Å². The Kier molecular flexibility index (Phi) is 4.95. The van der Waals surface area contributed by atoms with Crippen LogP contribution >= 0.6 is 0 Å². The van der Waals surface area contributed by atoms with Crippen molar-refractivity contribution in [3.05, 3.63) is 35.9 Å². The molecule has 1 atom stereocenters. The molecule has 4 nitrogen and oxygen atoms in total. The molecular weight excluding hydrogens is 202 g/mol. The van der Waals surface area contributed by atoms with Crippen molar-refractivity contribution in [3.63, 3.8) is 0 Å². The van der Waals surface area contributed by atoms with E-state index in [-0.39, 0.29) is 0 Å². The van der Waals surface area contributed by atoms with Crippen LogP contribution in [0.4, 0.5) is 0 Å². The van der Waals surface area contributed by atoms with Crippen molar-refractivity contribution in [2.75, 3.05) is 20.1 Å². The number of primary amides is 1. The summed E-state index contributed by atoms with van der Waals surface area (Å²) in [5.41, 5.74) is 12.0. The van der Waals surface area contributed by atoms with Gasteiger partial charge in [0.2, 0.25) is 5.91 Å². The summed E-state index contributed by atoms with van der Waals surface area (Å²) in [6.07, 6.45) is 0.947. The van der Waals surface area contributed by atoms with Gasteiger partial charge in [-0.1, -0.05) is 30.3 Å². The summed E-state index contributed by atoms with van der Waals surface area (Å²) in [5, 5.41) is 0. The van der Waals surface area contributed by atoms with Crippen LogP contribution in [0.15, 0.2) is 30.3 Å². The number of carbonyl (C=O) groups excluding carboxylic acids is 1. The topological polar surface area (TPSA) is 72.3 Å². The van der Waals surface area contributed by atoms with Gasteiger partial charge in [0.1, 0.15) is 0 Å². The molecule has 0 heterocycles. The fourth-order valence-corrected chi connectivity index (χ4v) is 1.48. The monoisotopic (exact) mass is 221 g/mol. The Morgan fingerprint density at radius 1 is 1.38 bits per heavy atom. The van der Waals surface area contributed by atoms with Gasteiger partial charge in [0.05, 0.1) is 6.04 Å². The number of nitrogens with zero attached hydrogens (tertiary/aromatic N) is 1. The molecule has 0 bridgehead atoms. The zero-order valence-corrected chi connectivity index (χ0v) is 9.60. The van der Waals surface area contributed by atoms with Crippen molar-refractivity contribution in [2.24, 2.45) is 11.5 Å². The lowest BCUT2D eigenvalue weighted by molar-refractivity contribution is -0.119. The van der Waals surface area contributed by atoms with E-state index in [9.17, 15) is 4.79 Å². The van der Waals surface area contributed by atoms with E-state index >= 15 is 0 Å². The third-order valence-corrected chi connectivity index (χ3v) is 2.50. The molecule has 0 saturated heterocycles. The van der Waals surface area contributed by atoms with Gasteiger partial charge >= 0.3 is 0 Å². The lowest BCUT2D eigenvalue weighted by Gasteiger charge is -2.19. The summed E-state index contributed by atoms with van der Waals surface area (Å²) < 4.78 is 0. The van der Waals surface area contributed by atoms with Crippen molar-refractivity contribution in [3.8, 4) is 0 Å². The fraction of sp³-hybridized carbons (Fsp3) is 0.417. The van der Waals surface area contributed by atoms with E-state index in [1.807, 2.05) is 30.1 Å². The average molecular weight is 221 g/mol. The third-order valence-electron chi connectivity index (χ3n) is 2.50. The molecule has 0 aliphatic rings. The Morgan fingerprint density at radius 2 is 2.00 bits per heavy atom. The molecule has 0 radical (unpaired) electrons. The van der Waals surface area contributed by atoms with Crippen LogP contribution in [-0.2, 0) is 11.2 Å². The first-order valence-electron chi connectivity index (χ1n) is 5.37. The van der Waals surface area contributed by atoms with Crippen LogP contribution in [0.25, 0.3) is 0 Å². The first kappa shape index (κ1) is 12.7. The Hall–Kier alpha value is -1.39. The summed E-state index contributed by atoms with van der Waals surface area (Å²) in [6, 6.07) is 9.62. The summed E-state index contributed by atoms with van der Waals surface area (Å²) in [6.45, 7) is 1.37. The molecule has 0 spiro atoms. The van der Waals surface area contributed by atoms with E-state index in [4.69, 9.17) is 11.5 Å². The second-order valence-electron chi connectivity index (χ2n) is 4.01. The second-order valence-corrected chi connectivity index (χ2v) is 4.01. The molecule has 1 amide bonds. The number of hydrogen-bond donors (Lipinski definition) is 2. The van der Waals surface area contributed by atoms with Crippen LogP contribution in [0.3, 0.4) is 0 Å². The lowest BCUT2D eigenvalue weighted by Crippen LogP contribution is -2.45. The lowest BCUT2D eigenvalue weighted by atomic mass is 10.1. The molecule has 16 heavy (non-hydrogen) atoms. The highest BCUT2D eigenvalue weighted by atomic mass is 16.1.